The summed E-state index contributed by atoms with van der Waals surface area (Å²) >= 11 is 5.93. The van der Waals surface area contributed by atoms with E-state index in [1.165, 1.54) is 21.7 Å². The Labute approximate surface area is 184 Å². The molecular formula is C24H20ClN3O3. The van der Waals surface area contributed by atoms with Crippen LogP contribution in [0.25, 0.3) is 11.3 Å². The van der Waals surface area contributed by atoms with Gasteiger partial charge in [0.15, 0.2) is 0 Å². The van der Waals surface area contributed by atoms with Gasteiger partial charge in [0.05, 0.1) is 13.1 Å². The van der Waals surface area contributed by atoms with Crippen LogP contribution in [0.1, 0.15) is 21.8 Å². The van der Waals surface area contributed by atoms with E-state index in [2.05, 4.69) is 5.10 Å². The monoisotopic (exact) mass is 433 g/mol. The quantitative estimate of drug-likeness (QED) is 0.449. The lowest BCUT2D eigenvalue weighted by molar-refractivity contribution is 0.0767. The minimum atomic E-state index is -0.300. The van der Waals surface area contributed by atoms with E-state index in [9.17, 15) is 9.59 Å². The molecule has 6 nitrogen and oxygen atoms in total. The van der Waals surface area contributed by atoms with Crippen molar-refractivity contribution in [1.29, 1.82) is 0 Å². The molecule has 0 radical (unpaired) electrons. The normalized spacial score (nSPS) is 10.8. The summed E-state index contributed by atoms with van der Waals surface area (Å²) in [5, 5.41) is 4.92. The second kappa shape index (κ2) is 9.02. The fourth-order valence-electron chi connectivity index (χ4n) is 3.17. The van der Waals surface area contributed by atoms with Gasteiger partial charge in [-0.25, -0.2) is 4.68 Å². The smallest absolute Gasteiger partial charge is 0.274 e. The predicted octanol–water partition coefficient (Wildman–Crippen LogP) is 4.48. The third kappa shape index (κ3) is 4.92. The van der Waals surface area contributed by atoms with Crippen LogP contribution >= 0.6 is 11.6 Å². The number of benzene rings is 2. The number of nitrogens with zero attached hydrogens (tertiary/aromatic N) is 3. The van der Waals surface area contributed by atoms with Crippen LogP contribution in [0.15, 0.2) is 88.1 Å². The van der Waals surface area contributed by atoms with Gasteiger partial charge in [0, 0.05) is 23.7 Å². The van der Waals surface area contributed by atoms with Gasteiger partial charge in [-0.05, 0) is 48.0 Å². The molecule has 4 aromatic rings. The molecule has 0 saturated carbocycles. The summed E-state index contributed by atoms with van der Waals surface area (Å²) in [5.74, 6) is 1.03. The van der Waals surface area contributed by atoms with Crippen molar-refractivity contribution in [2.24, 2.45) is 0 Å². The number of hydrogen-bond donors (Lipinski definition) is 0. The van der Waals surface area contributed by atoms with Crippen LogP contribution in [0, 0.1) is 0 Å². The summed E-state index contributed by atoms with van der Waals surface area (Å²) in [6.45, 7) is 0.569. The van der Waals surface area contributed by atoms with Crippen molar-refractivity contribution in [2.75, 3.05) is 7.05 Å². The molecule has 0 fully saturated rings. The predicted molar refractivity (Wildman–Crippen MR) is 119 cm³/mol. The molecule has 156 valence electrons. The first-order valence-corrected chi connectivity index (χ1v) is 10.1. The molecule has 0 aliphatic rings. The van der Waals surface area contributed by atoms with Crippen molar-refractivity contribution in [2.45, 2.75) is 13.1 Å². The largest absolute Gasteiger partial charge is 0.459 e. The van der Waals surface area contributed by atoms with E-state index in [1.807, 2.05) is 54.6 Å². The SMILES string of the molecule is CN(Cc1ccc(-c2ccc(Cl)cc2)o1)C(=O)c1ccc(=O)n(Cc2ccccc2)n1. The maximum Gasteiger partial charge on any atom is 0.274 e. The lowest BCUT2D eigenvalue weighted by atomic mass is 10.2. The van der Waals surface area contributed by atoms with E-state index < -0.39 is 0 Å². The molecule has 0 unspecified atom stereocenters. The van der Waals surface area contributed by atoms with Crippen molar-refractivity contribution >= 4 is 17.5 Å². The lowest BCUT2D eigenvalue weighted by Gasteiger charge is -2.16. The van der Waals surface area contributed by atoms with E-state index in [0.29, 0.717) is 23.1 Å². The van der Waals surface area contributed by atoms with Gasteiger partial charge in [-0.15, -0.1) is 0 Å². The number of hydrogen-bond acceptors (Lipinski definition) is 4. The van der Waals surface area contributed by atoms with Crippen LogP contribution in [-0.2, 0) is 13.1 Å². The fourth-order valence-corrected chi connectivity index (χ4v) is 3.29. The number of amides is 1. The van der Waals surface area contributed by atoms with Gasteiger partial charge in [0.2, 0.25) is 0 Å². The second-order valence-electron chi connectivity index (χ2n) is 7.13. The van der Waals surface area contributed by atoms with Crippen LogP contribution in [0.4, 0.5) is 0 Å². The number of rotatable bonds is 6. The molecule has 4 rings (SSSR count). The maximum atomic E-state index is 12.9. The minimum absolute atomic E-state index is 0.197. The highest BCUT2D eigenvalue weighted by atomic mass is 35.5. The standard InChI is InChI=1S/C24H20ClN3O3/c1-27(16-20-11-13-22(31-20)18-7-9-19(25)10-8-18)24(30)21-12-14-23(29)28(26-21)15-17-5-3-2-4-6-17/h2-14H,15-16H2,1H3. The zero-order valence-electron chi connectivity index (χ0n) is 16.9. The molecule has 0 atom stereocenters. The maximum absolute atomic E-state index is 12.9. The number of furan rings is 1. The van der Waals surface area contributed by atoms with Gasteiger partial charge in [-0.3, -0.25) is 9.59 Å². The Morgan fingerprint density at radius 3 is 2.48 bits per heavy atom. The first kappa shape index (κ1) is 20.6. The molecule has 0 N–H and O–H groups in total. The molecule has 0 bridgehead atoms. The van der Waals surface area contributed by atoms with Gasteiger partial charge in [0.1, 0.15) is 17.2 Å². The Kier molecular flexibility index (Phi) is 6.00. The van der Waals surface area contributed by atoms with Crippen LogP contribution in [0.2, 0.25) is 5.02 Å². The van der Waals surface area contributed by atoms with E-state index in [4.69, 9.17) is 16.0 Å². The molecular weight excluding hydrogens is 414 g/mol. The molecule has 7 heteroatoms. The van der Waals surface area contributed by atoms with Gasteiger partial charge in [0.25, 0.3) is 11.5 Å². The molecule has 31 heavy (non-hydrogen) atoms. The summed E-state index contributed by atoms with van der Waals surface area (Å²) < 4.78 is 7.17. The van der Waals surface area contributed by atoms with Crippen molar-refractivity contribution in [3.63, 3.8) is 0 Å². The van der Waals surface area contributed by atoms with E-state index in [1.54, 1.807) is 19.2 Å². The molecule has 0 aliphatic carbocycles. The Balaban J connectivity index is 1.48. The van der Waals surface area contributed by atoms with E-state index >= 15 is 0 Å². The van der Waals surface area contributed by atoms with Crippen LogP contribution in [0.3, 0.4) is 0 Å². The van der Waals surface area contributed by atoms with Crippen molar-refractivity contribution in [1.82, 2.24) is 14.7 Å². The summed E-state index contributed by atoms with van der Waals surface area (Å²) in [7, 11) is 1.67. The van der Waals surface area contributed by atoms with Gasteiger partial charge >= 0.3 is 0 Å². The number of aromatic nitrogens is 2. The number of carbonyl (C=O) groups is 1. The van der Waals surface area contributed by atoms with Crippen LogP contribution in [0.5, 0.6) is 0 Å². The summed E-state index contributed by atoms with van der Waals surface area (Å²) in [4.78, 5) is 26.5. The lowest BCUT2D eigenvalue weighted by Crippen LogP contribution is -2.31. The highest BCUT2D eigenvalue weighted by molar-refractivity contribution is 6.30. The van der Waals surface area contributed by atoms with Gasteiger partial charge in [-0.1, -0.05) is 41.9 Å². The highest BCUT2D eigenvalue weighted by Gasteiger charge is 2.17. The minimum Gasteiger partial charge on any atom is -0.459 e. The Morgan fingerprint density at radius 2 is 1.74 bits per heavy atom. The third-order valence-corrected chi connectivity index (χ3v) is 5.04. The summed E-state index contributed by atoms with van der Waals surface area (Å²) in [6, 6.07) is 23.3. The van der Waals surface area contributed by atoms with Crippen LogP contribution in [-0.4, -0.2) is 27.6 Å². The first-order valence-electron chi connectivity index (χ1n) is 9.72. The topological polar surface area (TPSA) is 68.3 Å². The van der Waals surface area contributed by atoms with E-state index in [-0.39, 0.29) is 23.7 Å². The van der Waals surface area contributed by atoms with Crippen molar-refractivity contribution < 1.29 is 9.21 Å². The third-order valence-electron chi connectivity index (χ3n) is 4.79. The highest BCUT2D eigenvalue weighted by Crippen LogP contribution is 2.24. The summed E-state index contributed by atoms with van der Waals surface area (Å²) in [5.41, 5.74) is 1.77. The Morgan fingerprint density at radius 1 is 1.00 bits per heavy atom. The fraction of sp³-hybridized carbons (Fsp3) is 0.125. The molecule has 0 spiro atoms. The second-order valence-corrected chi connectivity index (χ2v) is 7.57. The number of carbonyl (C=O) groups excluding carboxylic acids is 1. The number of halogens is 1. The van der Waals surface area contributed by atoms with Crippen molar-refractivity contribution in [3.8, 4) is 11.3 Å². The van der Waals surface area contributed by atoms with Gasteiger partial charge < -0.3 is 9.32 Å². The Hall–Kier alpha value is -3.64. The van der Waals surface area contributed by atoms with E-state index in [0.717, 1.165) is 11.1 Å². The van der Waals surface area contributed by atoms with Crippen LogP contribution < -0.4 is 5.56 Å². The molecule has 2 aromatic carbocycles. The molecule has 0 saturated heterocycles. The molecule has 0 aliphatic heterocycles. The summed E-state index contributed by atoms with van der Waals surface area (Å²) in [6.07, 6.45) is 0. The average Bonchev–Trinajstić information content (AvgIpc) is 3.24. The zero-order chi connectivity index (χ0) is 21.8. The van der Waals surface area contributed by atoms with Gasteiger partial charge in [-0.2, -0.15) is 5.10 Å². The Bertz CT molecular complexity index is 1250. The molecule has 1 amide bonds. The first-order chi connectivity index (χ1) is 15.0. The molecule has 2 aromatic heterocycles. The van der Waals surface area contributed by atoms with Crippen molar-refractivity contribution in [3.05, 3.63) is 111 Å². The zero-order valence-corrected chi connectivity index (χ0v) is 17.6. The molecule has 2 heterocycles. The average molecular weight is 434 g/mol.